The zero-order valence-corrected chi connectivity index (χ0v) is 27.9. The van der Waals surface area contributed by atoms with Crippen molar-refractivity contribution in [3.63, 3.8) is 0 Å². The molecular formula is C48H28N2O2. The van der Waals surface area contributed by atoms with Crippen molar-refractivity contribution in [2.24, 2.45) is 0 Å². The summed E-state index contributed by atoms with van der Waals surface area (Å²) >= 11 is 0. The van der Waals surface area contributed by atoms with Gasteiger partial charge in [-0.3, -0.25) is 0 Å². The summed E-state index contributed by atoms with van der Waals surface area (Å²) in [5.41, 5.74) is 12.7. The minimum atomic E-state index is 0.895. The first-order valence-corrected chi connectivity index (χ1v) is 17.7. The molecule has 52 heavy (non-hydrogen) atoms. The topological polar surface area (TPSA) is 36.1 Å². The monoisotopic (exact) mass is 664 g/mol. The van der Waals surface area contributed by atoms with Crippen LogP contribution in [0.2, 0.25) is 0 Å². The summed E-state index contributed by atoms with van der Waals surface area (Å²) in [5, 5.41) is 9.25. The van der Waals surface area contributed by atoms with Crippen molar-refractivity contribution in [2.75, 3.05) is 0 Å². The van der Waals surface area contributed by atoms with Crippen LogP contribution in [-0.4, -0.2) is 9.13 Å². The van der Waals surface area contributed by atoms with Gasteiger partial charge in [-0.05, 0) is 83.9 Å². The van der Waals surface area contributed by atoms with Gasteiger partial charge in [-0.15, -0.1) is 0 Å². The van der Waals surface area contributed by atoms with Gasteiger partial charge in [0.1, 0.15) is 22.3 Å². The number of hydrogen-bond acceptors (Lipinski definition) is 2. The lowest BCUT2D eigenvalue weighted by molar-refractivity contribution is 0.669. The number of para-hydroxylation sites is 4. The van der Waals surface area contributed by atoms with Crippen LogP contribution in [-0.2, 0) is 0 Å². The van der Waals surface area contributed by atoms with E-state index in [-0.39, 0.29) is 0 Å². The van der Waals surface area contributed by atoms with Crippen LogP contribution >= 0.6 is 0 Å². The summed E-state index contributed by atoms with van der Waals surface area (Å²) < 4.78 is 17.8. The predicted octanol–water partition coefficient (Wildman–Crippen LogP) is 13.3. The van der Waals surface area contributed by atoms with E-state index in [1.165, 1.54) is 10.8 Å². The number of fused-ring (bicyclic) bond motifs is 13. The molecule has 0 aliphatic heterocycles. The van der Waals surface area contributed by atoms with Crippen LogP contribution < -0.4 is 0 Å². The van der Waals surface area contributed by atoms with Gasteiger partial charge >= 0.3 is 0 Å². The second-order valence-electron chi connectivity index (χ2n) is 13.7. The highest BCUT2D eigenvalue weighted by Gasteiger charge is 2.21. The van der Waals surface area contributed by atoms with E-state index in [1.54, 1.807) is 0 Å². The largest absolute Gasteiger partial charge is 0.456 e. The van der Waals surface area contributed by atoms with Crippen molar-refractivity contribution in [2.45, 2.75) is 0 Å². The summed E-state index contributed by atoms with van der Waals surface area (Å²) in [4.78, 5) is 0. The fourth-order valence-corrected chi connectivity index (χ4v) is 8.59. The van der Waals surface area contributed by atoms with Gasteiger partial charge in [0.25, 0.3) is 0 Å². The number of rotatable bonds is 3. The lowest BCUT2D eigenvalue weighted by atomic mass is 10.00. The minimum Gasteiger partial charge on any atom is -0.456 e. The molecule has 0 amide bonds. The molecule has 0 atom stereocenters. The zero-order chi connectivity index (χ0) is 33.9. The molecule has 0 bridgehead atoms. The van der Waals surface area contributed by atoms with Crippen LogP contribution in [0.5, 0.6) is 0 Å². The standard InChI is InChI=1S/C48H28N2O2/c1-3-11-31(12-4-1)49-40-23-20-29(25-39(40)47-41(49)24-22-36-34-15-7-10-18-45(34)52-48(36)47)30-19-21-33-37-27-38-35-16-8-9-17-44(35)51-46(38)28-43(37)50(42(33)26-30)32-13-5-2-6-14-32/h1-28H. The van der Waals surface area contributed by atoms with Gasteiger partial charge in [-0.25, -0.2) is 0 Å². The van der Waals surface area contributed by atoms with E-state index in [9.17, 15) is 0 Å². The Labute approximate surface area is 296 Å². The summed E-state index contributed by atoms with van der Waals surface area (Å²) in [5.74, 6) is 0. The molecule has 0 fully saturated rings. The third-order valence-electron chi connectivity index (χ3n) is 10.9. The number of nitrogens with zero attached hydrogens (tertiary/aromatic N) is 2. The smallest absolute Gasteiger partial charge is 0.145 e. The highest BCUT2D eigenvalue weighted by Crippen LogP contribution is 2.43. The normalized spacial score (nSPS) is 12.2. The van der Waals surface area contributed by atoms with Crippen LogP contribution in [0.3, 0.4) is 0 Å². The molecule has 0 aliphatic rings. The number of furan rings is 2. The third kappa shape index (κ3) is 3.75. The van der Waals surface area contributed by atoms with Crippen LogP contribution in [0.4, 0.5) is 0 Å². The maximum absolute atomic E-state index is 6.65. The van der Waals surface area contributed by atoms with Gasteiger partial charge in [-0.1, -0.05) is 91.0 Å². The fourth-order valence-electron chi connectivity index (χ4n) is 8.59. The third-order valence-corrected chi connectivity index (χ3v) is 10.9. The first-order chi connectivity index (χ1) is 25.8. The highest BCUT2D eigenvalue weighted by atomic mass is 16.3. The fraction of sp³-hybridized carbons (Fsp3) is 0. The molecule has 12 rings (SSSR count). The Balaban J connectivity index is 1.14. The van der Waals surface area contributed by atoms with E-state index in [4.69, 9.17) is 8.83 Å². The zero-order valence-electron chi connectivity index (χ0n) is 27.9. The summed E-state index contributed by atoms with van der Waals surface area (Å²) in [6.45, 7) is 0. The highest BCUT2D eigenvalue weighted by molar-refractivity contribution is 6.24. The summed E-state index contributed by atoms with van der Waals surface area (Å²) in [6, 6.07) is 60.6. The molecular weight excluding hydrogens is 637 g/mol. The molecule has 242 valence electrons. The molecule has 0 radical (unpaired) electrons. The van der Waals surface area contributed by atoms with Crippen molar-refractivity contribution < 1.29 is 8.83 Å². The van der Waals surface area contributed by atoms with Gasteiger partial charge < -0.3 is 18.0 Å². The van der Waals surface area contributed by atoms with E-state index in [0.717, 1.165) is 99.2 Å². The van der Waals surface area contributed by atoms with E-state index >= 15 is 0 Å². The Morgan fingerprint density at radius 3 is 1.65 bits per heavy atom. The molecule has 0 N–H and O–H groups in total. The number of hydrogen-bond donors (Lipinski definition) is 0. The van der Waals surface area contributed by atoms with Crippen LogP contribution in [0.15, 0.2) is 179 Å². The maximum Gasteiger partial charge on any atom is 0.145 e. The molecule has 4 aromatic heterocycles. The quantitative estimate of drug-likeness (QED) is 0.188. The number of benzene rings is 8. The Morgan fingerprint density at radius 2 is 0.885 bits per heavy atom. The van der Waals surface area contributed by atoms with Gasteiger partial charge in [0.05, 0.1) is 27.5 Å². The van der Waals surface area contributed by atoms with E-state index in [0.29, 0.717) is 0 Å². The Morgan fingerprint density at radius 1 is 0.308 bits per heavy atom. The minimum absolute atomic E-state index is 0.895. The molecule has 0 saturated heterocycles. The lowest BCUT2D eigenvalue weighted by Gasteiger charge is -2.10. The first kappa shape index (κ1) is 27.7. The van der Waals surface area contributed by atoms with E-state index < -0.39 is 0 Å². The average molecular weight is 665 g/mol. The molecule has 8 aromatic carbocycles. The van der Waals surface area contributed by atoms with Gasteiger partial charge in [0.2, 0.25) is 0 Å². The van der Waals surface area contributed by atoms with Gasteiger partial charge in [0, 0.05) is 55.1 Å². The molecule has 0 spiro atoms. The summed E-state index contributed by atoms with van der Waals surface area (Å²) in [7, 11) is 0. The Bertz CT molecular complexity index is 3400. The molecule has 0 aliphatic carbocycles. The first-order valence-electron chi connectivity index (χ1n) is 17.7. The van der Waals surface area contributed by atoms with Crippen molar-refractivity contribution in [1.29, 1.82) is 0 Å². The van der Waals surface area contributed by atoms with E-state index in [1.807, 2.05) is 18.2 Å². The second kappa shape index (κ2) is 10.3. The Hall–Kier alpha value is -7.04. The lowest BCUT2D eigenvalue weighted by Crippen LogP contribution is -1.93. The second-order valence-corrected chi connectivity index (χ2v) is 13.7. The molecule has 4 nitrogen and oxygen atoms in total. The molecule has 0 unspecified atom stereocenters. The van der Waals surface area contributed by atoms with Crippen molar-refractivity contribution in [3.8, 4) is 22.5 Å². The number of aromatic nitrogens is 2. The Kier molecular flexibility index (Phi) is 5.47. The molecule has 4 heterocycles. The van der Waals surface area contributed by atoms with Crippen LogP contribution in [0, 0.1) is 0 Å². The predicted molar refractivity (Wildman–Crippen MR) is 215 cm³/mol. The molecule has 0 saturated carbocycles. The average Bonchev–Trinajstić information content (AvgIpc) is 3.94. The molecule has 4 heteroatoms. The van der Waals surface area contributed by atoms with Gasteiger partial charge in [-0.2, -0.15) is 0 Å². The van der Waals surface area contributed by atoms with E-state index in [2.05, 4.69) is 161 Å². The van der Waals surface area contributed by atoms with Crippen LogP contribution in [0.1, 0.15) is 0 Å². The maximum atomic E-state index is 6.65. The van der Waals surface area contributed by atoms with Crippen molar-refractivity contribution in [1.82, 2.24) is 9.13 Å². The van der Waals surface area contributed by atoms with Crippen LogP contribution in [0.25, 0.3) is 110 Å². The summed E-state index contributed by atoms with van der Waals surface area (Å²) in [6.07, 6.45) is 0. The molecule has 12 aromatic rings. The van der Waals surface area contributed by atoms with Crippen molar-refractivity contribution >= 4 is 87.5 Å². The van der Waals surface area contributed by atoms with Crippen molar-refractivity contribution in [3.05, 3.63) is 170 Å². The van der Waals surface area contributed by atoms with Gasteiger partial charge in [0.15, 0.2) is 0 Å². The SMILES string of the molecule is c1ccc(-n2c3cc(-c4ccc5c(c4)c4c6oc7ccccc7c6ccc4n5-c4ccccc4)ccc3c3cc4c(cc32)oc2ccccc24)cc1.